The Morgan fingerprint density at radius 1 is 0.519 bits per heavy atom. The van der Waals surface area contributed by atoms with Gasteiger partial charge in [-0.3, -0.25) is 4.55 Å². The quantitative estimate of drug-likeness (QED) is 0.348. The van der Waals surface area contributed by atoms with Gasteiger partial charge in [-0.1, -0.05) is 0 Å². The van der Waals surface area contributed by atoms with Crippen molar-refractivity contribution in [3.63, 3.8) is 0 Å². The summed E-state index contributed by atoms with van der Waals surface area (Å²) in [7, 11) is -7.76. The molecule has 0 saturated carbocycles. The molecule has 0 atom stereocenters. The Bertz CT molecular complexity index is 657. The van der Waals surface area contributed by atoms with Crippen molar-refractivity contribution in [2.75, 3.05) is 0 Å². The molecular formula is C7H2F15KO3S. The van der Waals surface area contributed by atoms with Gasteiger partial charge < -0.3 is 1.43 Å². The van der Waals surface area contributed by atoms with Crippen LogP contribution in [0.2, 0.25) is 0 Å². The molecule has 0 aliphatic rings. The third kappa shape index (κ3) is 3.94. The minimum absolute atomic E-state index is 0. The zero-order valence-corrected chi connectivity index (χ0v) is 15.8. The summed E-state index contributed by atoms with van der Waals surface area (Å²) in [4.78, 5) is 0. The molecule has 0 bridgehead atoms. The molecule has 0 aromatic rings. The molecule has 0 aromatic heterocycles. The first kappa shape index (κ1) is 29.7. The van der Waals surface area contributed by atoms with E-state index in [0.29, 0.717) is 0 Å². The maximum absolute atomic E-state index is 12.9. The third-order valence-corrected chi connectivity index (χ3v) is 3.53. The monoisotopic (exact) mass is 490 g/mol. The molecule has 160 valence electrons. The molecule has 0 unspecified atom stereocenters. The molecule has 0 saturated heterocycles. The van der Waals surface area contributed by atoms with Gasteiger partial charge in [-0.15, -0.1) is 0 Å². The van der Waals surface area contributed by atoms with Gasteiger partial charge in [0.2, 0.25) is 0 Å². The number of alkyl halides is 15. The van der Waals surface area contributed by atoms with Gasteiger partial charge in [-0.05, 0) is 0 Å². The van der Waals surface area contributed by atoms with Gasteiger partial charge >= 0.3 is 103 Å². The van der Waals surface area contributed by atoms with Crippen LogP contribution in [0.4, 0.5) is 65.9 Å². The Morgan fingerprint density at radius 3 is 0.963 bits per heavy atom. The first-order chi connectivity index (χ1) is 10.8. The van der Waals surface area contributed by atoms with Crippen molar-refractivity contribution in [3.05, 3.63) is 0 Å². The molecular weight excluding hydrogens is 488 g/mol. The summed E-state index contributed by atoms with van der Waals surface area (Å²) >= 11 is 0. The van der Waals surface area contributed by atoms with Gasteiger partial charge in [-0.25, -0.2) is 0 Å². The van der Waals surface area contributed by atoms with Gasteiger partial charge in [-0.2, -0.15) is 74.3 Å². The van der Waals surface area contributed by atoms with Crippen LogP contribution < -0.4 is 51.4 Å². The van der Waals surface area contributed by atoms with E-state index in [4.69, 9.17) is 4.55 Å². The summed E-state index contributed by atoms with van der Waals surface area (Å²) in [6.07, 6.45) is -7.75. The Labute approximate surface area is 181 Å². The van der Waals surface area contributed by atoms with Crippen LogP contribution >= 0.6 is 0 Å². The molecule has 3 nitrogen and oxygen atoms in total. The summed E-state index contributed by atoms with van der Waals surface area (Å²) in [6.45, 7) is 0. The van der Waals surface area contributed by atoms with E-state index in [0.717, 1.165) is 0 Å². The van der Waals surface area contributed by atoms with Gasteiger partial charge in [0.25, 0.3) is 0 Å². The normalized spacial score (nSPS) is 16.1. The van der Waals surface area contributed by atoms with Crippen LogP contribution in [0.15, 0.2) is 0 Å². The van der Waals surface area contributed by atoms with E-state index < -0.39 is 51.2 Å². The SMILES string of the molecule is O=S(=O)(O)C(F)(F)C(F)(F)C(F)(F)C(F)(F)C(F)(F)C(F)(F)C(F)(F)F.[H-].[K+]. The Hall–Kier alpha value is 0.496. The minimum Gasteiger partial charge on any atom is -1.00 e. The molecule has 0 aliphatic carbocycles. The fourth-order valence-corrected chi connectivity index (χ4v) is 1.57. The molecule has 20 heteroatoms. The Kier molecular flexibility index (Phi) is 8.05. The third-order valence-electron chi connectivity index (χ3n) is 2.62. The zero-order chi connectivity index (χ0) is 22.0. The summed E-state index contributed by atoms with van der Waals surface area (Å²) < 4.78 is 215. The fraction of sp³-hybridized carbons (Fsp3) is 1.00. The summed E-state index contributed by atoms with van der Waals surface area (Å²) in [5.74, 6) is -42.0. The van der Waals surface area contributed by atoms with Crippen LogP contribution in [0.1, 0.15) is 1.43 Å². The molecule has 27 heavy (non-hydrogen) atoms. The predicted octanol–water partition coefficient (Wildman–Crippen LogP) is 1.32. The van der Waals surface area contributed by atoms with Crippen molar-refractivity contribution in [2.24, 2.45) is 0 Å². The van der Waals surface area contributed by atoms with Gasteiger partial charge in [0, 0.05) is 0 Å². The van der Waals surface area contributed by atoms with Crippen molar-refractivity contribution >= 4 is 10.1 Å². The standard InChI is InChI=1S/C7HF15O3S.K.H/c8-1(9,2(10,11)4(14,15)6(18,19)20)3(12,13)5(16,17)7(21,22)26(23,24)25;;/h(H,23,24,25);;/q;+1;-1. The second kappa shape index (κ2) is 7.32. The molecule has 0 aromatic carbocycles. The van der Waals surface area contributed by atoms with Crippen molar-refractivity contribution in [2.45, 2.75) is 41.0 Å². The summed E-state index contributed by atoms with van der Waals surface area (Å²) in [5.41, 5.74) is 0. The molecule has 0 aliphatic heterocycles. The average Bonchev–Trinajstić information content (AvgIpc) is 2.34. The van der Waals surface area contributed by atoms with E-state index in [1.807, 2.05) is 0 Å². The average molecular weight is 490 g/mol. The predicted molar refractivity (Wildman–Crippen MR) is 48.4 cm³/mol. The van der Waals surface area contributed by atoms with E-state index in [9.17, 15) is 74.3 Å². The molecule has 0 rings (SSSR count). The minimum atomic E-state index is -8.60. The Balaban J connectivity index is -0.00000312. The second-order valence-electron chi connectivity index (χ2n) is 4.36. The molecule has 0 spiro atoms. The zero-order valence-electron chi connectivity index (χ0n) is 12.8. The van der Waals surface area contributed by atoms with Gasteiger partial charge in [0.1, 0.15) is 0 Å². The van der Waals surface area contributed by atoms with E-state index >= 15 is 0 Å². The molecule has 0 amide bonds. The smallest absolute Gasteiger partial charge is 1.00 e. The summed E-state index contributed by atoms with van der Waals surface area (Å²) in [6, 6.07) is 0. The molecule has 0 radical (unpaired) electrons. The van der Waals surface area contributed by atoms with Crippen molar-refractivity contribution in [1.29, 1.82) is 0 Å². The largest absolute Gasteiger partial charge is 1.00 e. The van der Waals surface area contributed by atoms with Crippen LogP contribution in [0, 0.1) is 0 Å². The fourth-order valence-electron chi connectivity index (χ4n) is 1.11. The van der Waals surface area contributed by atoms with Gasteiger partial charge in [0.15, 0.2) is 0 Å². The number of halogens is 15. The van der Waals surface area contributed by atoms with E-state index in [2.05, 4.69) is 0 Å². The first-order valence-corrected chi connectivity index (χ1v) is 6.49. The summed E-state index contributed by atoms with van der Waals surface area (Å²) in [5, 5.41) is -7.70. The van der Waals surface area contributed by atoms with Crippen LogP contribution in [0.3, 0.4) is 0 Å². The van der Waals surface area contributed by atoms with E-state index in [-0.39, 0.29) is 52.8 Å². The van der Waals surface area contributed by atoms with Gasteiger partial charge in [0.05, 0.1) is 0 Å². The molecule has 0 heterocycles. The van der Waals surface area contributed by atoms with Crippen LogP contribution in [-0.2, 0) is 10.1 Å². The molecule has 0 fully saturated rings. The maximum Gasteiger partial charge on any atom is 1.00 e. The molecule has 1 N–H and O–H groups in total. The number of rotatable bonds is 6. The van der Waals surface area contributed by atoms with E-state index in [1.54, 1.807) is 0 Å². The number of hydrogen-bond acceptors (Lipinski definition) is 2. The topological polar surface area (TPSA) is 54.4 Å². The van der Waals surface area contributed by atoms with Crippen molar-refractivity contribution in [3.8, 4) is 0 Å². The van der Waals surface area contributed by atoms with E-state index in [1.165, 1.54) is 0 Å². The Morgan fingerprint density at radius 2 is 0.741 bits per heavy atom. The van der Waals surface area contributed by atoms with Crippen molar-refractivity contribution < 1.29 is 132 Å². The first-order valence-electron chi connectivity index (χ1n) is 5.05. The number of hydrogen-bond donors (Lipinski definition) is 1. The van der Waals surface area contributed by atoms with Crippen molar-refractivity contribution in [1.82, 2.24) is 0 Å². The van der Waals surface area contributed by atoms with Crippen LogP contribution in [0.5, 0.6) is 0 Å². The van der Waals surface area contributed by atoms with Crippen LogP contribution in [0.25, 0.3) is 0 Å². The van der Waals surface area contributed by atoms with Crippen LogP contribution in [-0.4, -0.2) is 54.0 Å². The second-order valence-corrected chi connectivity index (χ2v) is 5.82. The maximum atomic E-state index is 12.9.